The summed E-state index contributed by atoms with van der Waals surface area (Å²) in [5.74, 6) is -0.503. The zero-order valence-corrected chi connectivity index (χ0v) is 19.1. The van der Waals surface area contributed by atoms with Crippen molar-refractivity contribution in [1.82, 2.24) is 0 Å². The molecule has 10 nitrogen and oxygen atoms in total. The summed E-state index contributed by atoms with van der Waals surface area (Å²) in [6.07, 6.45) is 0. The number of nitrogens with two attached hydrogens (primary N) is 1. The van der Waals surface area contributed by atoms with Gasteiger partial charge in [0.15, 0.2) is 24.7 Å². The molecule has 0 radical (unpaired) electrons. The van der Waals surface area contributed by atoms with E-state index in [9.17, 15) is 14.4 Å². The lowest BCUT2D eigenvalue weighted by atomic mass is 10.2. The van der Waals surface area contributed by atoms with Gasteiger partial charge in [-0.15, -0.1) is 0 Å². The maximum absolute atomic E-state index is 12.5. The summed E-state index contributed by atoms with van der Waals surface area (Å²) in [7, 11) is 2.70. The third kappa shape index (κ3) is 7.13. The number of carbonyl (C=O) groups excluding carboxylic acids is 3. The Balaban J connectivity index is 1.61. The number of para-hydroxylation sites is 1. The topological polar surface area (TPSA) is 135 Å². The minimum atomic E-state index is -0.792. The highest BCUT2D eigenvalue weighted by Gasteiger charge is 2.20. The summed E-state index contributed by atoms with van der Waals surface area (Å²) in [4.78, 5) is 35.9. The number of methoxy groups -OCH3 is 2. The van der Waals surface area contributed by atoms with Crippen molar-refractivity contribution in [3.05, 3.63) is 72.3 Å². The second-order valence-electron chi connectivity index (χ2n) is 7.03. The van der Waals surface area contributed by atoms with E-state index >= 15 is 0 Å². The summed E-state index contributed by atoms with van der Waals surface area (Å²) >= 11 is 0. The molecule has 0 unspecified atom stereocenters. The minimum Gasteiger partial charge on any atom is -0.493 e. The van der Waals surface area contributed by atoms with Crippen molar-refractivity contribution in [2.45, 2.75) is 0 Å². The molecule has 3 N–H and O–H groups in total. The van der Waals surface area contributed by atoms with Crippen LogP contribution in [0.25, 0.3) is 0 Å². The van der Waals surface area contributed by atoms with Crippen molar-refractivity contribution in [2.24, 2.45) is 5.73 Å². The predicted molar refractivity (Wildman–Crippen MR) is 126 cm³/mol. The van der Waals surface area contributed by atoms with Crippen LogP contribution in [0.3, 0.4) is 0 Å². The number of anilines is 1. The van der Waals surface area contributed by atoms with Crippen LogP contribution in [0.1, 0.15) is 10.4 Å². The SMILES string of the molecule is COc1cc(C(=O)OCC(=O)Nc2cccc(Oc3ccccc3)c2)cc(OC)c1OCC(N)=O. The highest BCUT2D eigenvalue weighted by atomic mass is 16.5. The molecule has 0 saturated carbocycles. The van der Waals surface area contributed by atoms with E-state index < -0.39 is 31.0 Å². The summed E-state index contributed by atoms with van der Waals surface area (Å²) in [5.41, 5.74) is 5.63. The Bertz CT molecular complexity index is 1170. The quantitative estimate of drug-likeness (QED) is 0.400. The van der Waals surface area contributed by atoms with Gasteiger partial charge in [0, 0.05) is 11.8 Å². The fourth-order valence-electron chi connectivity index (χ4n) is 2.96. The zero-order chi connectivity index (χ0) is 25.2. The van der Waals surface area contributed by atoms with E-state index in [0.29, 0.717) is 17.2 Å². The maximum atomic E-state index is 12.5. The third-order valence-corrected chi connectivity index (χ3v) is 4.49. The van der Waals surface area contributed by atoms with Crippen LogP contribution in [0, 0.1) is 0 Å². The van der Waals surface area contributed by atoms with Crippen LogP contribution in [-0.4, -0.2) is 45.2 Å². The highest BCUT2D eigenvalue weighted by molar-refractivity contribution is 5.96. The Morgan fingerprint density at radius 3 is 2.11 bits per heavy atom. The molecular weight excluding hydrogens is 456 g/mol. The monoisotopic (exact) mass is 480 g/mol. The fraction of sp³-hybridized carbons (Fsp3) is 0.160. The van der Waals surface area contributed by atoms with Gasteiger partial charge in [-0.1, -0.05) is 24.3 Å². The molecule has 0 atom stereocenters. The third-order valence-electron chi connectivity index (χ3n) is 4.49. The number of carbonyl (C=O) groups is 3. The molecule has 35 heavy (non-hydrogen) atoms. The van der Waals surface area contributed by atoms with Crippen LogP contribution in [0.5, 0.6) is 28.7 Å². The van der Waals surface area contributed by atoms with E-state index in [1.807, 2.05) is 30.3 Å². The van der Waals surface area contributed by atoms with E-state index in [0.717, 1.165) is 0 Å². The summed E-state index contributed by atoms with van der Waals surface area (Å²) in [5, 5.41) is 2.65. The molecule has 0 bridgehead atoms. The molecule has 0 fully saturated rings. The molecule has 10 heteroatoms. The molecule has 0 heterocycles. The Hall–Kier alpha value is -4.73. The van der Waals surface area contributed by atoms with Gasteiger partial charge >= 0.3 is 5.97 Å². The van der Waals surface area contributed by atoms with Crippen LogP contribution in [0.4, 0.5) is 5.69 Å². The largest absolute Gasteiger partial charge is 0.493 e. The molecular formula is C25H24N2O8. The van der Waals surface area contributed by atoms with Crippen molar-refractivity contribution < 1.29 is 38.1 Å². The van der Waals surface area contributed by atoms with Gasteiger partial charge in [-0.2, -0.15) is 0 Å². The number of hydrogen-bond donors (Lipinski definition) is 2. The second kappa shape index (κ2) is 11.9. The number of hydrogen-bond acceptors (Lipinski definition) is 8. The number of benzene rings is 3. The normalized spacial score (nSPS) is 10.1. The average molecular weight is 480 g/mol. The van der Waals surface area contributed by atoms with Crippen molar-refractivity contribution in [2.75, 3.05) is 32.8 Å². The van der Waals surface area contributed by atoms with Gasteiger partial charge < -0.3 is 34.7 Å². The number of rotatable bonds is 11. The number of esters is 1. The summed E-state index contributed by atoms with van der Waals surface area (Å²) < 4.78 is 26.6. The van der Waals surface area contributed by atoms with Gasteiger partial charge in [-0.05, 0) is 36.4 Å². The average Bonchev–Trinajstić information content (AvgIpc) is 2.86. The number of nitrogens with one attached hydrogen (secondary N) is 1. The number of ether oxygens (including phenoxy) is 5. The fourth-order valence-corrected chi connectivity index (χ4v) is 2.96. The second-order valence-corrected chi connectivity index (χ2v) is 7.03. The molecule has 182 valence electrons. The van der Waals surface area contributed by atoms with Gasteiger partial charge in [0.25, 0.3) is 11.8 Å². The Morgan fingerprint density at radius 1 is 0.829 bits per heavy atom. The minimum absolute atomic E-state index is 0.0520. The molecule has 3 rings (SSSR count). The molecule has 0 spiro atoms. The van der Waals surface area contributed by atoms with Crippen molar-refractivity contribution >= 4 is 23.5 Å². The Kier molecular flexibility index (Phi) is 8.49. The van der Waals surface area contributed by atoms with E-state index in [2.05, 4.69) is 5.32 Å². The summed E-state index contributed by atoms with van der Waals surface area (Å²) in [6, 6.07) is 18.7. The van der Waals surface area contributed by atoms with E-state index in [1.165, 1.54) is 26.4 Å². The molecule has 0 aliphatic carbocycles. The first-order valence-corrected chi connectivity index (χ1v) is 10.4. The van der Waals surface area contributed by atoms with Crippen molar-refractivity contribution in [3.63, 3.8) is 0 Å². The zero-order valence-electron chi connectivity index (χ0n) is 19.1. The first-order valence-electron chi connectivity index (χ1n) is 10.4. The van der Waals surface area contributed by atoms with Crippen LogP contribution in [0.2, 0.25) is 0 Å². The number of amides is 2. The molecule has 3 aromatic rings. The standard InChI is InChI=1S/C25H24N2O8/c1-31-20-11-16(12-21(32-2)24(20)33-14-22(26)28)25(30)34-15-23(29)27-17-7-6-10-19(13-17)35-18-8-4-3-5-9-18/h3-13H,14-15H2,1-2H3,(H2,26,28)(H,27,29). The lowest BCUT2D eigenvalue weighted by Gasteiger charge is -2.15. The summed E-state index contributed by atoms with van der Waals surface area (Å²) in [6.45, 7) is -0.943. The molecule has 0 saturated heterocycles. The van der Waals surface area contributed by atoms with Crippen molar-refractivity contribution in [1.29, 1.82) is 0 Å². The lowest BCUT2D eigenvalue weighted by molar-refractivity contribution is -0.120. The van der Waals surface area contributed by atoms with E-state index in [1.54, 1.807) is 24.3 Å². The van der Waals surface area contributed by atoms with Gasteiger partial charge in [-0.3, -0.25) is 9.59 Å². The van der Waals surface area contributed by atoms with Gasteiger partial charge in [0.2, 0.25) is 5.75 Å². The van der Waals surface area contributed by atoms with E-state index in [4.69, 9.17) is 29.4 Å². The van der Waals surface area contributed by atoms with Gasteiger partial charge in [-0.25, -0.2) is 4.79 Å². The van der Waals surface area contributed by atoms with E-state index in [-0.39, 0.29) is 22.8 Å². The first kappa shape index (κ1) is 24.9. The molecule has 0 aromatic heterocycles. The molecule has 0 aliphatic heterocycles. The Labute approximate surface area is 201 Å². The lowest BCUT2D eigenvalue weighted by Crippen LogP contribution is -2.21. The smallest absolute Gasteiger partial charge is 0.338 e. The predicted octanol–water partition coefficient (Wildman–Crippen LogP) is 3.16. The number of primary amides is 1. The van der Waals surface area contributed by atoms with Gasteiger partial charge in [0.1, 0.15) is 11.5 Å². The molecule has 3 aromatic carbocycles. The highest BCUT2D eigenvalue weighted by Crippen LogP contribution is 2.38. The molecule has 2 amide bonds. The Morgan fingerprint density at radius 2 is 1.49 bits per heavy atom. The van der Waals surface area contributed by atoms with Crippen LogP contribution in [0.15, 0.2) is 66.7 Å². The van der Waals surface area contributed by atoms with Crippen molar-refractivity contribution in [3.8, 4) is 28.7 Å². The first-order chi connectivity index (χ1) is 16.9. The van der Waals surface area contributed by atoms with Crippen LogP contribution in [-0.2, 0) is 14.3 Å². The van der Waals surface area contributed by atoms with Crippen LogP contribution < -0.4 is 30.0 Å². The molecule has 0 aliphatic rings. The maximum Gasteiger partial charge on any atom is 0.338 e. The van der Waals surface area contributed by atoms with Crippen LogP contribution >= 0.6 is 0 Å². The van der Waals surface area contributed by atoms with Gasteiger partial charge in [0.05, 0.1) is 19.8 Å².